The minimum Gasteiger partial charge on any atom is -0.497 e. The van der Waals surface area contributed by atoms with Gasteiger partial charge in [0.25, 0.3) is 0 Å². The SMILES string of the molecule is COc1ccc(-c2ccc(COc3ccccc3-c3nc(N4CCC(C(=O)O)CC4)sc3C)cc2)cc1. The molecule has 1 aromatic heterocycles. The van der Waals surface area contributed by atoms with Crippen LogP contribution >= 0.6 is 11.3 Å². The Morgan fingerprint density at radius 2 is 1.65 bits per heavy atom. The number of aryl methyl sites for hydroxylation is 1. The van der Waals surface area contributed by atoms with Gasteiger partial charge in [0.2, 0.25) is 0 Å². The van der Waals surface area contributed by atoms with Gasteiger partial charge in [-0.25, -0.2) is 4.98 Å². The molecular weight excluding hydrogens is 484 g/mol. The van der Waals surface area contributed by atoms with Crippen molar-refractivity contribution in [3.8, 4) is 33.9 Å². The van der Waals surface area contributed by atoms with Crippen LogP contribution in [-0.2, 0) is 11.4 Å². The molecule has 37 heavy (non-hydrogen) atoms. The van der Waals surface area contributed by atoms with E-state index in [1.54, 1.807) is 18.4 Å². The fourth-order valence-corrected chi connectivity index (χ4v) is 5.59. The summed E-state index contributed by atoms with van der Waals surface area (Å²) in [4.78, 5) is 19.6. The molecule has 0 radical (unpaired) electrons. The number of hydrogen-bond acceptors (Lipinski definition) is 6. The second-order valence-electron chi connectivity index (χ2n) is 9.21. The number of carbonyl (C=O) groups is 1. The minimum atomic E-state index is -0.697. The number of carboxylic acids is 1. The summed E-state index contributed by atoms with van der Waals surface area (Å²) >= 11 is 1.65. The standard InChI is InChI=1S/C30H30N2O4S/c1-20-28(31-30(37-20)32-17-15-24(16-18-32)29(33)34)26-5-3-4-6-27(26)36-19-21-7-9-22(10-8-21)23-11-13-25(35-2)14-12-23/h3-14,24H,15-19H2,1-2H3,(H,33,34). The van der Waals surface area contributed by atoms with E-state index in [-0.39, 0.29) is 5.92 Å². The van der Waals surface area contributed by atoms with E-state index in [0.29, 0.717) is 32.5 Å². The molecule has 1 N–H and O–H groups in total. The molecule has 0 aliphatic carbocycles. The fraction of sp³-hybridized carbons (Fsp3) is 0.267. The maximum Gasteiger partial charge on any atom is 0.306 e. The van der Waals surface area contributed by atoms with Crippen molar-refractivity contribution in [3.63, 3.8) is 0 Å². The molecule has 0 unspecified atom stereocenters. The molecule has 6 nitrogen and oxygen atoms in total. The van der Waals surface area contributed by atoms with Crippen LogP contribution < -0.4 is 14.4 Å². The third-order valence-corrected chi connectivity index (χ3v) is 7.85. The number of thiazole rings is 1. The zero-order valence-electron chi connectivity index (χ0n) is 21.0. The summed E-state index contributed by atoms with van der Waals surface area (Å²) in [5.41, 5.74) is 5.26. The lowest BCUT2D eigenvalue weighted by molar-refractivity contribution is -0.142. The van der Waals surface area contributed by atoms with Crippen molar-refractivity contribution in [2.75, 3.05) is 25.1 Å². The van der Waals surface area contributed by atoms with Gasteiger partial charge < -0.3 is 19.5 Å². The molecule has 1 aliphatic rings. The normalized spacial score (nSPS) is 13.9. The monoisotopic (exact) mass is 514 g/mol. The molecule has 0 bridgehead atoms. The van der Waals surface area contributed by atoms with Crippen molar-refractivity contribution >= 4 is 22.4 Å². The molecule has 1 saturated heterocycles. The Bertz CT molecular complexity index is 1360. The number of aliphatic carboxylic acids is 1. The minimum absolute atomic E-state index is 0.254. The first-order valence-corrected chi connectivity index (χ1v) is 13.2. The second-order valence-corrected chi connectivity index (χ2v) is 10.4. The van der Waals surface area contributed by atoms with Crippen LogP contribution in [0.25, 0.3) is 22.4 Å². The van der Waals surface area contributed by atoms with Gasteiger partial charge in [-0.3, -0.25) is 4.79 Å². The number of rotatable bonds is 8. The van der Waals surface area contributed by atoms with Crippen molar-refractivity contribution < 1.29 is 19.4 Å². The van der Waals surface area contributed by atoms with E-state index >= 15 is 0 Å². The average Bonchev–Trinajstić information content (AvgIpc) is 3.33. The molecular formula is C30H30N2O4S. The maximum absolute atomic E-state index is 11.3. The maximum atomic E-state index is 11.3. The lowest BCUT2D eigenvalue weighted by atomic mass is 9.97. The zero-order chi connectivity index (χ0) is 25.8. The number of methoxy groups -OCH3 is 1. The number of carboxylic acid groups (broad SMARTS) is 1. The lowest BCUT2D eigenvalue weighted by Crippen LogP contribution is -2.36. The molecule has 7 heteroatoms. The third-order valence-electron chi connectivity index (χ3n) is 6.81. The van der Waals surface area contributed by atoms with Crippen molar-refractivity contribution in [2.24, 2.45) is 5.92 Å². The number of benzene rings is 3. The summed E-state index contributed by atoms with van der Waals surface area (Å²) in [6.45, 7) is 3.97. The predicted molar refractivity (Wildman–Crippen MR) is 148 cm³/mol. The van der Waals surface area contributed by atoms with E-state index in [2.05, 4.69) is 48.2 Å². The molecule has 4 aromatic rings. The van der Waals surface area contributed by atoms with Crippen LogP contribution in [0, 0.1) is 12.8 Å². The van der Waals surface area contributed by atoms with Crippen LogP contribution in [0.2, 0.25) is 0 Å². The number of piperidine rings is 1. The van der Waals surface area contributed by atoms with Gasteiger partial charge in [-0.05, 0) is 60.7 Å². The van der Waals surface area contributed by atoms with E-state index in [1.807, 2.05) is 36.4 Å². The smallest absolute Gasteiger partial charge is 0.306 e. The number of nitrogens with zero attached hydrogens (tertiary/aromatic N) is 2. The van der Waals surface area contributed by atoms with Crippen molar-refractivity contribution in [2.45, 2.75) is 26.4 Å². The molecule has 2 heterocycles. The molecule has 3 aromatic carbocycles. The van der Waals surface area contributed by atoms with Crippen LogP contribution in [0.3, 0.4) is 0 Å². The van der Waals surface area contributed by atoms with Crippen LogP contribution in [-0.4, -0.2) is 36.3 Å². The largest absolute Gasteiger partial charge is 0.497 e. The van der Waals surface area contributed by atoms with Crippen molar-refractivity contribution in [1.29, 1.82) is 0 Å². The summed E-state index contributed by atoms with van der Waals surface area (Å²) in [6, 6.07) is 24.5. The number of ether oxygens (including phenoxy) is 2. The average molecular weight is 515 g/mol. The number of anilines is 1. The molecule has 1 fully saturated rings. The van der Waals surface area contributed by atoms with Crippen LogP contribution in [0.5, 0.6) is 11.5 Å². The van der Waals surface area contributed by atoms with Gasteiger partial charge in [0, 0.05) is 23.5 Å². The first-order chi connectivity index (χ1) is 18.0. The highest BCUT2D eigenvalue weighted by atomic mass is 32.1. The van der Waals surface area contributed by atoms with Gasteiger partial charge in [0.05, 0.1) is 18.7 Å². The van der Waals surface area contributed by atoms with Crippen LogP contribution in [0.4, 0.5) is 5.13 Å². The van der Waals surface area contributed by atoms with Gasteiger partial charge in [-0.1, -0.05) is 48.5 Å². The van der Waals surface area contributed by atoms with Gasteiger partial charge in [-0.2, -0.15) is 0 Å². The molecule has 0 saturated carbocycles. The summed E-state index contributed by atoms with van der Waals surface area (Å²) in [6.07, 6.45) is 1.31. The molecule has 0 amide bonds. The van der Waals surface area contributed by atoms with E-state index in [4.69, 9.17) is 14.5 Å². The molecule has 0 atom stereocenters. The van der Waals surface area contributed by atoms with Gasteiger partial charge in [0.15, 0.2) is 5.13 Å². The first-order valence-electron chi connectivity index (χ1n) is 12.4. The number of hydrogen-bond donors (Lipinski definition) is 1. The summed E-state index contributed by atoms with van der Waals surface area (Å²) in [5.74, 6) is 0.692. The predicted octanol–water partition coefficient (Wildman–Crippen LogP) is 6.67. The highest BCUT2D eigenvalue weighted by molar-refractivity contribution is 7.16. The van der Waals surface area contributed by atoms with Crippen molar-refractivity contribution in [3.05, 3.63) is 83.2 Å². The Hall–Kier alpha value is -3.84. The summed E-state index contributed by atoms with van der Waals surface area (Å²) in [7, 11) is 1.67. The molecule has 190 valence electrons. The Labute approximate surface area is 221 Å². The molecule has 1 aliphatic heterocycles. The van der Waals surface area contributed by atoms with Gasteiger partial charge in [0.1, 0.15) is 18.1 Å². The lowest BCUT2D eigenvalue weighted by Gasteiger charge is -2.29. The highest BCUT2D eigenvalue weighted by Crippen LogP contribution is 2.38. The Morgan fingerprint density at radius 1 is 1.00 bits per heavy atom. The second kappa shape index (κ2) is 11.0. The number of para-hydroxylation sites is 1. The quantitative estimate of drug-likeness (QED) is 0.283. The Morgan fingerprint density at radius 3 is 2.30 bits per heavy atom. The van der Waals surface area contributed by atoms with Crippen LogP contribution in [0.15, 0.2) is 72.8 Å². The van der Waals surface area contributed by atoms with Crippen LogP contribution in [0.1, 0.15) is 23.3 Å². The Kier molecular flexibility index (Phi) is 7.42. The highest BCUT2D eigenvalue weighted by Gasteiger charge is 2.27. The Balaban J connectivity index is 1.28. The van der Waals surface area contributed by atoms with E-state index in [9.17, 15) is 9.90 Å². The molecule has 0 spiro atoms. The zero-order valence-corrected chi connectivity index (χ0v) is 21.8. The third kappa shape index (κ3) is 5.62. The van der Waals surface area contributed by atoms with E-state index in [1.165, 1.54) is 0 Å². The van der Waals surface area contributed by atoms with E-state index < -0.39 is 5.97 Å². The van der Waals surface area contributed by atoms with E-state index in [0.717, 1.165) is 49.5 Å². The molecule has 5 rings (SSSR count). The number of aromatic nitrogens is 1. The van der Waals surface area contributed by atoms with Crippen molar-refractivity contribution in [1.82, 2.24) is 4.98 Å². The summed E-state index contributed by atoms with van der Waals surface area (Å²) < 4.78 is 11.5. The summed E-state index contributed by atoms with van der Waals surface area (Å²) in [5, 5.41) is 10.2. The topological polar surface area (TPSA) is 71.9 Å². The first kappa shape index (κ1) is 24.8. The fourth-order valence-electron chi connectivity index (χ4n) is 4.61. The van der Waals surface area contributed by atoms with Gasteiger partial charge >= 0.3 is 5.97 Å². The van der Waals surface area contributed by atoms with Gasteiger partial charge in [-0.15, -0.1) is 11.3 Å².